The maximum atomic E-state index is 10.8. The Morgan fingerprint density at radius 2 is 1.83 bits per heavy atom. The standard InChI is InChI=1S/C20H25NO2/c1-20(2,3)16-5-8-18(9-6-16)23-19-7-4-14-10-17(13-22)21-12-15(14)11-19/h4,7,10-13,16,18H,5-6,8-9H2,1-3H3. The molecule has 0 radical (unpaired) electrons. The summed E-state index contributed by atoms with van der Waals surface area (Å²) < 4.78 is 6.18. The Balaban J connectivity index is 1.67. The van der Waals surface area contributed by atoms with E-state index in [1.807, 2.05) is 18.2 Å². The molecule has 0 atom stereocenters. The maximum Gasteiger partial charge on any atom is 0.168 e. The second-order valence-electron chi connectivity index (χ2n) is 7.69. The van der Waals surface area contributed by atoms with Gasteiger partial charge in [0, 0.05) is 11.6 Å². The van der Waals surface area contributed by atoms with E-state index in [9.17, 15) is 4.79 Å². The molecule has 1 aromatic heterocycles. The van der Waals surface area contributed by atoms with Gasteiger partial charge in [0.1, 0.15) is 11.4 Å². The molecule has 0 unspecified atom stereocenters. The van der Waals surface area contributed by atoms with Gasteiger partial charge in [-0.05, 0) is 60.6 Å². The molecule has 23 heavy (non-hydrogen) atoms. The largest absolute Gasteiger partial charge is 0.490 e. The van der Waals surface area contributed by atoms with E-state index in [0.29, 0.717) is 17.2 Å². The van der Waals surface area contributed by atoms with Crippen molar-refractivity contribution in [3.63, 3.8) is 0 Å². The molecule has 0 bridgehead atoms. The molecule has 1 aliphatic rings. The van der Waals surface area contributed by atoms with E-state index in [4.69, 9.17) is 4.74 Å². The molecule has 0 spiro atoms. The molecule has 0 saturated heterocycles. The monoisotopic (exact) mass is 311 g/mol. The van der Waals surface area contributed by atoms with Crippen LogP contribution in [-0.4, -0.2) is 17.4 Å². The number of benzene rings is 1. The Bertz CT molecular complexity index is 694. The molecule has 3 heteroatoms. The third kappa shape index (κ3) is 3.72. The fourth-order valence-corrected chi connectivity index (χ4v) is 3.51. The van der Waals surface area contributed by atoms with Gasteiger partial charge < -0.3 is 4.74 Å². The van der Waals surface area contributed by atoms with Gasteiger partial charge in [0.2, 0.25) is 0 Å². The Hall–Kier alpha value is -1.90. The highest BCUT2D eigenvalue weighted by atomic mass is 16.5. The number of nitrogens with zero attached hydrogens (tertiary/aromatic N) is 1. The topological polar surface area (TPSA) is 39.2 Å². The van der Waals surface area contributed by atoms with E-state index in [1.165, 1.54) is 12.8 Å². The summed E-state index contributed by atoms with van der Waals surface area (Å²) in [7, 11) is 0. The van der Waals surface area contributed by atoms with Crippen LogP contribution < -0.4 is 4.74 Å². The number of fused-ring (bicyclic) bond motifs is 1. The number of pyridine rings is 1. The molecule has 2 aromatic rings. The zero-order valence-electron chi connectivity index (χ0n) is 14.2. The molecule has 1 saturated carbocycles. The van der Waals surface area contributed by atoms with Crippen LogP contribution in [0.1, 0.15) is 56.9 Å². The second-order valence-corrected chi connectivity index (χ2v) is 7.69. The van der Waals surface area contributed by atoms with Crippen molar-refractivity contribution in [3.05, 3.63) is 36.2 Å². The molecule has 3 rings (SSSR count). The lowest BCUT2D eigenvalue weighted by Crippen LogP contribution is -2.30. The molecule has 1 fully saturated rings. The third-order valence-electron chi connectivity index (χ3n) is 5.04. The summed E-state index contributed by atoms with van der Waals surface area (Å²) in [6, 6.07) is 7.82. The quantitative estimate of drug-likeness (QED) is 0.746. The first kappa shape index (κ1) is 16.0. The first-order valence-corrected chi connectivity index (χ1v) is 8.47. The molecule has 0 aliphatic heterocycles. The van der Waals surface area contributed by atoms with Gasteiger partial charge in [0.25, 0.3) is 0 Å². The minimum absolute atomic E-state index is 0.313. The van der Waals surface area contributed by atoms with Crippen LogP contribution >= 0.6 is 0 Å². The van der Waals surface area contributed by atoms with E-state index in [1.54, 1.807) is 12.3 Å². The average Bonchev–Trinajstić information content (AvgIpc) is 2.54. The number of hydrogen-bond donors (Lipinski definition) is 0. The number of aldehydes is 1. The molecular weight excluding hydrogens is 286 g/mol. The van der Waals surface area contributed by atoms with Crippen LogP contribution in [0.15, 0.2) is 30.5 Å². The van der Waals surface area contributed by atoms with E-state index in [-0.39, 0.29) is 0 Å². The number of rotatable bonds is 3. The fourth-order valence-electron chi connectivity index (χ4n) is 3.51. The van der Waals surface area contributed by atoms with E-state index in [2.05, 4.69) is 25.8 Å². The number of carbonyl (C=O) groups excluding carboxylic acids is 1. The van der Waals surface area contributed by atoms with Gasteiger partial charge in [-0.2, -0.15) is 0 Å². The average molecular weight is 311 g/mol. The van der Waals surface area contributed by atoms with Crippen LogP contribution in [-0.2, 0) is 0 Å². The van der Waals surface area contributed by atoms with Gasteiger partial charge in [-0.25, -0.2) is 0 Å². The summed E-state index contributed by atoms with van der Waals surface area (Å²) in [4.78, 5) is 14.9. The van der Waals surface area contributed by atoms with Crippen molar-refractivity contribution < 1.29 is 9.53 Å². The molecule has 3 nitrogen and oxygen atoms in total. The van der Waals surface area contributed by atoms with Crippen LogP contribution in [0.3, 0.4) is 0 Å². The van der Waals surface area contributed by atoms with Gasteiger partial charge >= 0.3 is 0 Å². The molecule has 1 heterocycles. The lowest BCUT2D eigenvalue weighted by Gasteiger charge is -2.36. The van der Waals surface area contributed by atoms with E-state index < -0.39 is 0 Å². The normalized spacial score (nSPS) is 22.0. The summed E-state index contributed by atoms with van der Waals surface area (Å²) >= 11 is 0. The van der Waals surface area contributed by atoms with Gasteiger partial charge in [-0.15, -0.1) is 0 Å². The smallest absolute Gasteiger partial charge is 0.168 e. The van der Waals surface area contributed by atoms with Crippen molar-refractivity contribution in [3.8, 4) is 5.75 Å². The van der Waals surface area contributed by atoms with Crippen molar-refractivity contribution in [2.75, 3.05) is 0 Å². The number of aromatic nitrogens is 1. The highest BCUT2D eigenvalue weighted by Crippen LogP contribution is 2.38. The maximum absolute atomic E-state index is 10.8. The SMILES string of the molecule is CC(C)(C)C1CCC(Oc2ccc3cc(C=O)ncc3c2)CC1. The summed E-state index contributed by atoms with van der Waals surface area (Å²) in [6.45, 7) is 7.01. The Labute approximate surface area is 138 Å². The van der Waals surface area contributed by atoms with Crippen LogP contribution in [0.4, 0.5) is 0 Å². The Kier molecular flexibility index (Phi) is 4.38. The van der Waals surface area contributed by atoms with Crippen molar-refractivity contribution in [1.29, 1.82) is 0 Å². The Morgan fingerprint density at radius 1 is 1.09 bits per heavy atom. The highest BCUT2D eigenvalue weighted by molar-refractivity contribution is 5.87. The summed E-state index contributed by atoms with van der Waals surface area (Å²) in [5.41, 5.74) is 0.863. The minimum Gasteiger partial charge on any atom is -0.490 e. The van der Waals surface area contributed by atoms with Crippen molar-refractivity contribution in [2.45, 2.75) is 52.6 Å². The lowest BCUT2D eigenvalue weighted by molar-refractivity contribution is 0.0883. The van der Waals surface area contributed by atoms with Crippen LogP contribution in [0, 0.1) is 11.3 Å². The zero-order valence-corrected chi connectivity index (χ0v) is 14.2. The highest BCUT2D eigenvalue weighted by Gasteiger charge is 2.30. The summed E-state index contributed by atoms with van der Waals surface area (Å²) in [5.74, 6) is 1.70. The Morgan fingerprint density at radius 3 is 2.48 bits per heavy atom. The van der Waals surface area contributed by atoms with Crippen LogP contribution in [0.2, 0.25) is 0 Å². The molecule has 0 N–H and O–H groups in total. The van der Waals surface area contributed by atoms with Crippen LogP contribution in [0.5, 0.6) is 5.75 Å². The first-order valence-electron chi connectivity index (χ1n) is 8.47. The number of ether oxygens (including phenoxy) is 1. The molecule has 1 aromatic carbocycles. The predicted octanol–water partition coefficient (Wildman–Crippen LogP) is 5.03. The van der Waals surface area contributed by atoms with Crippen molar-refractivity contribution in [1.82, 2.24) is 4.98 Å². The van der Waals surface area contributed by atoms with E-state index >= 15 is 0 Å². The van der Waals surface area contributed by atoms with Gasteiger partial charge in [0.15, 0.2) is 6.29 Å². The second kappa shape index (κ2) is 6.31. The van der Waals surface area contributed by atoms with Crippen LogP contribution in [0.25, 0.3) is 10.8 Å². The summed E-state index contributed by atoms with van der Waals surface area (Å²) in [5, 5.41) is 2.03. The number of hydrogen-bond acceptors (Lipinski definition) is 3. The number of carbonyl (C=O) groups is 1. The first-order chi connectivity index (χ1) is 11.0. The molecule has 122 valence electrons. The van der Waals surface area contributed by atoms with Gasteiger partial charge in [-0.3, -0.25) is 9.78 Å². The predicted molar refractivity (Wildman–Crippen MR) is 93.0 cm³/mol. The van der Waals surface area contributed by atoms with Gasteiger partial charge in [-0.1, -0.05) is 26.8 Å². The third-order valence-corrected chi connectivity index (χ3v) is 5.04. The zero-order chi connectivity index (χ0) is 16.4. The fraction of sp³-hybridized carbons (Fsp3) is 0.500. The lowest BCUT2D eigenvalue weighted by atomic mass is 9.72. The molecular formula is C20H25NO2. The van der Waals surface area contributed by atoms with Crippen molar-refractivity contribution >= 4 is 17.1 Å². The van der Waals surface area contributed by atoms with E-state index in [0.717, 1.165) is 41.6 Å². The molecule has 0 amide bonds. The summed E-state index contributed by atoms with van der Waals surface area (Å²) in [6.07, 6.45) is 7.57. The van der Waals surface area contributed by atoms with Gasteiger partial charge in [0.05, 0.1) is 6.10 Å². The van der Waals surface area contributed by atoms with Crippen molar-refractivity contribution in [2.24, 2.45) is 11.3 Å². The minimum atomic E-state index is 0.313. The molecule has 1 aliphatic carbocycles.